The molecule has 1 N–H and O–H groups in total. The van der Waals surface area contributed by atoms with E-state index in [4.69, 9.17) is 5.26 Å². The number of nitrogens with zero attached hydrogens (tertiary/aromatic N) is 2. The molecule has 1 saturated heterocycles. The molecule has 1 heterocycles. The Kier molecular flexibility index (Phi) is 2.30. The number of anilines is 1. The van der Waals surface area contributed by atoms with Crippen molar-refractivity contribution in [1.82, 2.24) is 0 Å². The highest BCUT2D eigenvalue weighted by atomic mass is 16.3. The van der Waals surface area contributed by atoms with Crippen molar-refractivity contribution in [2.24, 2.45) is 5.92 Å². The molecule has 1 aromatic carbocycles. The third kappa shape index (κ3) is 1.64. The minimum atomic E-state index is -0.267. The number of carbonyl (C=O) groups is 1. The molecule has 1 aliphatic heterocycles. The second kappa shape index (κ2) is 3.62. The fourth-order valence-corrected chi connectivity index (χ4v) is 1.72. The van der Waals surface area contributed by atoms with E-state index < -0.39 is 0 Å². The SMILES string of the molecule is N#CC1CC(=O)N(c2ccccc2O)C1. The smallest absolute Gasteiger partial charge is 0.228 e. The lowest BCUT2D eigenvalue weighted by Gasteiger charge is -2.16. The summed E-state index contributed by atoms with van der Waals surface area (Å²) in [6.45, 7) is 0.368. The second-order valence-electron chi connectivity index (χ2n) is 3.52. The molecule has 0 aromatic heterocycles. The Morgan fingerprint density at radius 2 is 2.20 bits per heavy atom. The van der Waals surface area contributed by atoms with Gasteiger partial charge in [-0.15, -0.1) is 0 Å². The molecular weight excluding hydrogens is 192 g/mol. The van der Waals surface area contributed by atoms with E-state index in [1.165, 1.54) is 11.0 Å². The van der Waals surface area contributed by atoms with Gasteiger partial charge in [-0.3, -0.25) is 4.79 Å². The lowest BCUT2D eigenvalue weighted by Crippen LogP contribution is -2.24. The van der Waals surface area contributed by atoms with Crippen molar-refractivity contribution in [1.29, 1.82) is 5.26 Å². The van der Waals surface area contributed by atoms with E-state index in [0.717, 1.165) is 0 Å². The Morgan fingerprint density at radius 3 is 2.80 bits per heavy atom. The number of aromatic hydroxyl groups is 1. The van der Waals surface area contributed by atoms with Crippen LogP contribution in [0.25, 0.3) is 0 Å². The molecule has 1 aromatic rings. The molecule has 1 unspecified atom stereocenters. The number of phenolic OH excluding ortho intramolecular Hbond substituents is 1. The van der Waals surface area contributed by atoms with Crippen molar-refractivity contribution < 1.29 is 9.90 Å². The lowest BCUT2D eigenvalue weighted by molar-refractivity contribution is -0.117. The summed E-state index contributed by atoms with van der Waals surface area (Å²) in [7, 11) is 0. The summed E-state index contributed by atoms with van der Waals surface area (Å²) >= 11 is 0. The van der Waals surface area contributed by atoms with Gasteiger partial charge in [0.25, 0.3) is 0 Å². The van der Waals surface area contributed by atoms with Crippen LogP contribution >= 0.6 is 0 Å². The van der Waals surface area contributed by atoms with Gasteiger partial charge in [0.2, 0.25) is 5.91 Å². The average Bonchev–Trinajstić information content (AvgIpc) is 2.60. The van der Waals surface area contributed by atoms with Gasteiger partial charge < -0.3 is 10.0 Å². The monoisotopic (exact) mass is 202 g/mol. The summed E-state index contributed by atoms with van der Waals surface area (Å²) in [5.74, 6) is -0.301. The molecule has 0 spiro atoms. The molecule has 0 aliphatic carbocycles. The summed E-state index contributed by atoms with van der Waals surface area (Å²) in [4.78, 5) is 13.0. The number of nitriles is 1. The van der Waals surface area contributed by atoms with Crippen LogP contribution in [0.1, 0.15) is 6.42 Å². The largest absolute Gasteiger partial charge is 0.506 e. The Labute approximate surface area is 87.4 Å². The van der Waals surface area contributed by atoms with Gasteiger partial charge in [0.05, 0.1) is 17.7 Å². The zero-order valence-corrected chi connectivity index (χ0v) is 8.05. The molecule has 4 nitrogen and oxygen atoms in total. The minimum absolute atomic E-state index is 0.0736. The minimum Gasteiger partial charge on any atom is -0.506 e. The maximum absolute atomic E-state index is 11.6. The topological polar surface area (TPSA) is 64.3 Å². The van der Waals surface area contributed by atoms with Crippen LogP contribution in [0.15, 0.2) is 24.3 Å². The van der Waals surface area contributed by atoms with Gasteiger partial charge >= 0.3 is 0 Å². The molecule has 0 bridgehead atoms. The first-order chi connectivity index (χ1) is 7.22. The van der Waals surface area contributed by atoms with E-state index in [9.17, 15) is 9.90 Å². The first-order valence-electron chi connectivity index (χ1n) is 4.70. The van der Waals surface area contributed by atoms with E-state index in [1.807, 2.05) is 0 Å². The van der Waals surface area contributed by atoms with Crippen molar-refractivity contribution in [3.05, 3.63) is 24.3 Å². The van der Waals surface area contributed by atoms with Crippen LogP contribution in [0.5, 0.6) is 5.75 Å². The zero-order chi connectivity index (χ0) is 10.8. The van der Waals surface area contributed by atoms with Gasteiger partial charge in [0.1, 0.15) is 5.75 Å². The molecule has 76 valence electrons. The van der Waals surface area contributed by atoms with Crippen molar-refractivity contribution in [3.8, 4) is 11.8 Å². The second-order valence-corrected chi connectivity index (χ2v) is 3.52. The van der Waals surface area contributed by atoms with Crippen molar-refractivity contribution in [3.63, 3.8) is 0 Å². The fourth-order valence-electron chi connectivity index (χ4n) is 1.72. The van der Waals surface area contributed by atoms with E-state index in [-0.39, 0.29) is 24.0 Å². The molecule has 1 fully saturated rings. The third-order valence-corrected chi connectivity index (χ3v) is 2.48. The highest BCUT2D eigenvalue weighted by Gasteiger charge is 2.31. The molecule has 4 heteroatoms. The fraction of sp³-hybridized carbons (Fsp3) is 0.273. The molecule has 15 heavy (non-hydrogen) atoms. The van der Waals surface area contributed by atoms with Crippen molar-refractivity contribution in [2.45, 2.75) is 6.42 Å². The highest BCUT2D eigenvalue weighted by Crippen LogP contribution is 2.31. The number of hydrogen-bond acceptors (Lipinski definition) is 3. The average molecular weight is 202 g/mol. The standard InChI is InChI=1S/C11H10N2O2/c12-6-8-5-11(15)13(7-8)9-3-1-2-4-10(9)14/h1-4,8,14H,5,7H2. The van der Waals surface area contributed by atoms with Gasteiger partial charge in [-0.25, -0.2) is 0 Å². The van der Waals surface area contributed by atoms with Crippen LogP contribution in [0, 0.1) is 17.2 Å². The Balaban J connectivity index is 2.30. The number of phenols is 1. The summed E-state index contributed by atoms with van der Waals surface area (Å²) in [6, 6.07) is 8.72. The van der Waals surface area contributed by atoms with E-state index in [1.54, 1.807) is 18.2 Å². The zero-order valence-electron chi connectivity index (χ0n) is 8.05. The van der Waals surface area contributed by atoms with Crippen LogP contribution < -0.4 is 4.90 Å². The van der Waals surface area contributed by atoms with Crippen LogP contribution in [0.2, 0.25) is 0 Å². The number of rotatable bonds is 1. The Hall–Kier alpha value is -2.02. The lowest BCUT2D eigenvalue weighted by atomic mass is 10.1. The summed E-state index contributed by atoms with van der Waals surface area (Å²) in [6.07, 6.45) is 0.241. The molecule has 1 amide bonds. The van der Waals surface area contributed by atoms with Gasteiger partial charge in [-0.05, 0) is 12.1 Å². The van der Waals surface area contributed by atoms with E-state index >= 15 is 0 Å². The van der Waals surface area contributed by atoms with Crippen LogP contribution in [0.3, 0.4) is 0 Å². The van der Waals surface area contributed by atoms with Crippen molar-refractivity contribution >= 4 is 11.6 Å². The third-order valence-electron chi connectivity index (χ3n) is 2.48. The first-order valence-corrected chi connectivity index (χ1v) is 4.70. The van der Waals surface area contributed by atoms with Crippen LogP contribution in [-0.4, -0.2) is 17.6 Å². The molecule has 0 radical (unpaired) electrons. The predicted molar refractivity (Wildman–Crippen MR) is 54.2 cm³/mol. The van der Waals surface area contributed by atoms with Gasteiger partial charge in [0, 0.05) is 13.0 Å². The summed E-state index contributed by atoms with van der Waals surface area (Å²) in [5.41, 5.74) is 0.486. The summed E-state index contributed by atoms with van der Waals surface area (Å²) < 4.78 is 0. The number of hydrogen-bond donors (Lipinski definition) is 1. The molecule has 0 saturated carbocycles. The molecular formula is C11H10N2O2. The van der Waals surface area contributed by atoms with Crippen LogP contribution in [-0.2, 0) is 4.79 Å². The Morgan fingerprint density at radius 1 is 1.47 bits per heavy atom. The quantitative estimate of drug-likeness (QED) is 0.745. The predicted octanol–water partition coefficient (Wildman–Crippen LogP) is 1.27. The van der Waals surface area contributed by atoms with E-state index in [2.05, 4.69) is 6.07 Å². The first kappa shape index (κ1) is 9.53. The molecule has 1 atom stereocenters. The molecule has 2 rings (SSSR count). The normalized spacial score (nSPS) is 20.3. The van der Waals surface area contributed by atoms with E-state index in [0.29, 0.717) is 12.2 Å². The number of benzene rings is 1. The van der Waals surface area contributed by atoms with Crippen molar-refractivity contribution in [2.75, 3.05) is 11.4 Å². The number of para-hydroxylation sites is 2. The number of amides is 1. The van der Waals surface area contributed by atoms with Crippen LogP contribution in [0.4, 0.5) is 5.69 Å². The van der Waals surface area contributed by atoms with Gasteiger partial charge in [-0.2, -0.15) is 5.26 Å². The molecule has 1 aliphatic rings. The maximum atomic E-state index is 11.6. The Bertz CT molecular complexity index is 436. The van der Waals surface area contributed by atoms with Gasteiger partial charge in [0.15, 0.2) is 0 Å². The van der Waals surface area contributed by atoms with Gasteiger partial charge in [-0.1, -0.05) is 12.1 Å². The number of carbonyl (C=O) groups excluding carboxylic acids is 1. The summed E-state index contributed by atoms with van der Waals surface area (Å²) in [5, 5.41) is 18.3. The highest BCUT2D eigenvalue weighted by molar-refractivity contribution is 5.97. The maximum Gasteiger partial charge on any atom is 0.228 e.